The van der Waals surface area contributed by atoms with Crippen molar-refractivity contribution in [1.82, 2.24) is 4.90 Å². The number of amides is 1. The summed E-state index contributed by atoms with van der Waals surface area (Å²) in [5, 5.41) is 11.2. The first-order valence-corrected chi connectivity index (χ1v) is 14.7. The largest absolute Gasteiger partial charge is 0.480 e. The third-order valence-corrected chi connectivity index (χ3v) is 7.90. The topological polar surface area (TPSA) is 104 Å². The molecule has 1 heterocycles. The molecule has 1 saturated heterocycles. The Morgan fingerprint density at radius 1 is 1.05 bits per heavy atom. The third kappa shape index (κ3) is 6.90. The molecule has 3 aromatic carbocycles. The highest BCUT2D eigenvalue weighted by atomic mass is 35.5. The summed E-state index contributed by atoms with van der Waals surface area (Å²) in [5.74, 6) is -2.72. The standard InChI is InChI=1S/C29H28Cl2FNO6S/c1-2-3-24(29(35)36)33-26(18-6-10-21(30)11-7-18)27(19-8-12-22(31)13-9-19)39-25(28(33)34)15-17-4-5-20(16-40(37)38)23(32)14-17/h4-14,24-27H,2-3,15-16H2,1H3,(H,35,36)(H,37,38)/t24-,25+,26-,27+/m1/s1. The predicted molar refractivity (Wildman–Crippen MR) is 151 cm³/mol. The van der Waals surface area contributed by atoms with Crippen LogP contribution in [-0.2, 0) is 37.6 Å². The molecular formula is C29H28Cl2FNO6S. The molecule has 5 atom stereocenters. The van der Waals surface area contributed by atoms with Gasteiger partial charge in [-0.3, -0.25) is 4.79 Å². The van der Waals surface area contributed by atoms with Gasteiger partial charge in [-0.25, -0.2) is 13.4 Å². The van der Waals surface area contributed by atoms with Crippen molar-refractivity contribution in [3.8, 4) is 0 Å². The molecule has 7 nitrogen and oxygen atoms in total. The Balaban J connectivity index is 1.81. The molecule has 212 valence electrons. The Morgan fingerprint density at radius 2 is 1.65 bits per heavy atom. The first kappa shape index (κ1) is 30.1. The van der Waals surface area contributed by atoms with Crippen molar-refractivity contribution < 1.29 is 32.6 Å². The number of carbonyl (C=O) groups is 2. The number of rotatable bonds is 10. The quantitative estimate of drug-likeness (QED) is 0.260. The van der Waals surface area contributed by atoms with Crippen molar-refractivity contribution >= 4 is 46.2 Å². The summed E-state index contributed by atoms with van der Waals surface area (Å²) >= 11 is 10.1. The fraction of sp³-hybridized carbons (Fsp3) is 0.310. The number of hydrogen-bond acceptors (Lipinski definition) is 4. The van der Waals surface area contributed by atoms with Crippen molar-refractivity contribution in [2.75, 3.05) is 0 Å². The van der Waals surface area contributed by atoms with E-state index in [1.807, 2.05) is 6.92 Å². The van der Waals surface area contributed by atoms with Crippen molar-refractivity contribution in [3.63, 3.8) is 0 Å². The van der Waals surface area contributed by atoms with Crippen molar-refractivity contribution in [3.05, 3.63) is 105 Å². The van der Waals surface area contributed by atoms with Gasteiger partial charge in [0.05, 0.1) is 11.8 Å². The van der Waals surface area contributed by atoms with Crippen LogP contribution in [0.4, 0.5) is 4.39 Å². The Hall–Kier alpha value is -2.82. The minimum Gasteiger partial charge on any atom is -0.480 e. The summed E-state index contributed by atoms with van der Waals surface area (Å²) in [6.07, 6.45) is -1.21. The van der Waals surface area contributed by atoms with Crippen LogP contribution in [0.15, 0.2) is 66.7 Å². The summed E-state index contributed by atoms with van der Waals surface area (Å²) < 4.78 is 41.4. The Morgan fingerprint density at radius 3 is 2.17 bits per heavy atom. The molecular weight excluding hydrogens is 580 g/mol. The monoisotopic (exact) mass is 607 g/mol. The molecule has 1 fully saturated rings. The molecule has 1 unspecified atom stereocenters. The van der Waals surface area contributed by atoms with Gasteiger partial charge in [-0.15, -0.1) is 0 Å². The van der Waals surface area contributed by atoms with Crippen LogP contribution in [0.1, 0.15) is 54.2 Å². The van der Waals surface area contributed by atoms with Crippen LogP contribution in [0.25, 0.3) is 0 Å². The summed E-state index contributed by atoms with van der Waals surface area (Å²) in [6.45, 7) is 1.84. The van der Waals surface area contributed by atoms with Gasteiger partial charge >= 0.3 is 5.97 Å². The van der Waals surface area contributed by atoms with E-state index in [4.69, 9.17) is 32.5 Å². The van der Waals surface area contributed by atoms with E-state index >= 15 is 0 Å². The zero-order valence-corrected chi connectivity index (χ0v) is 23.8. The highest BCUT2D eigenvalue weighted by Gasteiger charge is 2.48. The molecule has 1 amide bonds. The highest BCUT2D eigenvalue weighted by Crippen LogP contribution is 2.44. The smallest absolute Gasteiger partial charge is 0.326 e. The van der Waals surface area contributed by atoms with E-state index in [1.165, 1.54) is 17.0 Å². The summed E-state index contributed by atoms with van der Waals surface area (Å²) in [5.41, 5.74) is 1.81. The fourth-order valence-corrected chi connectivity index (χ4v) is 5.74. The van der Waals surface area contributed by atoms with Gasteiger partial charge in [0.15, 0.2) is 11.1 Å². The molecule has 0 radical (unpaired) electrons. The molecule has 1 aliphatic rings. The zero-order valence-electron chi connectivity index (χ0n) is 21.5. The fourth-order valence-electron chi connectivity index (χ4n) is 4.99. The molecule has 1 aliphatic heterocycles. The van der Waals surface area contributed by atoms with Crippen LogP contribution in [0.3, 0.4) is 0 Å². The maximum Gasteiger partial charge on any atom is 0.326 e. The van der Waals surface area contributed by atoms with Crippen LogP contribution in [-0.4, -0.2) is 42.8 Å². The van der Waals surface area contributed by atoms with E-state index < -0.39 is 53.1 Å². The number of morpholine rings is 1. The number of aliphatic carboxylic acids is 1. The average Bonchev–Trinajstić information content (AvgIpc) is 2.91. The van der Waals surface area contributed by atoms with Gasteiger partial charge in [-0.2, -0.15) is 0 Å². The molecule has 0 aromatic heterocycles. The molecule has 4 rings (SSSR count). The normalized spacial score (nSPS) is 20.8. The van der Waals surface area contributed by atoms with Gasteiger partial charge in [0, 0.05) is 22.0 Å². The first-order valence-electron chi connectivity index (χ1n) is 12.6. The van der Waals surface area contributed by atoms with Crippen molar-refractivity contribution in [2.24, 2.45) is 0 Å². The number of nitrogens with zero attached hydrogens (tertiary/aromatic N) is 1. The second-order valence-electron chi connectivity index (χ2n) is 9.58. The lowest BCUT2D eigenvalue weighted by atomic mass is 9.88. The summed E-state index contributed by atoms with van der Waals surface area (Å²) in [7, 11) is 0. The maximum atomic E-state index is 14.7. The van der Waals surface area contributed by atoms with E-state index in [0.717, 1.165) is 0 Å². The number of carbonyl (C=O) groups excluding carboxylic acids is 1. The van der Waals surface area contributed by atoms with Gasteiger partial charge in [0.2, 0.25) is 0 Å². The second-order valence-corrected chi connectivity index (χ2v) is 11.4. The average molecular weight is 609 g/mol. The van der Waals surface area contributed by atoms with E-state index in [0.29, 0.717) is 33.2 Å². The van der Waals surface area contributed by atoms with Crippen LogP contribution in [0.5, 0.6) is 0 Å². The number of benzene rings is 3. The van der Waals surface area contributed by atoms with Crippen molar-refractivity contribution in [1.29, 1.82) is 0 Å². The van der Waals surface area contributed by atoms with Gasteiger partial charge < -0.3 is 19.3 Å². The third-order valence-electron chi connectivity index (χ3n) is 6.84. The maximum absolute atomic E-state index is 14.7. The van der Waals surface area contributed by atoms with Gasteiger partial charge in [-0.05, 0) is 53.4 Å². The number of carboxylic acids is 1. The van der Waals surface area contributed by atoms with E-state index in [1.54, 1.807) is 54.6 Å². The number of halogens is 3. The van der Waals surface area contributed by atoms with Gasteiger partial charge in [-0.1, -0.05) is 72.9 Å². The van der Waals surface area contributed by atoms with Gasteiger partial charge in [0.25, 0.3) is 5.91 Å². The van der Waals surface area contributed by atoms with Gasteiger partial charge in [0.1, 0.15) is 24.1 Å². The van der Waals surface area contributed by atoms with Crippen LogP contribution >= 0.6 is 23.2 Å². The lowest BCUT2D eigenvalue weighted by molar-refractivity contribution is -0.184. The van der Waals surface area contributed by atoms with Crippen LogP contribution in [0.2, 0.25) is 10.0 Å². The SMILES string of the molecule is CCC[C@H](C(=O)O)N1C(=O)[C@H](Cc2ccc(CS(=O)O)c(F)c2)O[C@@H](c2ccc(Cl)cc2)[C@H]1c1ccc(Cl)cc1. The lowest BCUT2D eigenvalue weighted by Crippen LogP contribution is -2.57. The molecule has 2 N–H and O–H groups in total. The van der Waals surface area contributed by atoms with E-state index in [-0.39, 0.29) is 24.2 Å². The minimum absolute atomic E-state index is 0.0371. The molecule has 0 bridgehead atoms. The number of carboxylic acid groups (broad SMARTS) is 1. The zero-order chi connectivity index (χ0) is 29.0. The van der Waals surface area contributed by atoms with Crippen LogP contribution < -0.4 is 0 Å². The molecule has 40 heavy (non-hydrogen) atoms. The minimum atomic E-state index is -2.21. The number of hydrogen-bond donors (Lipinski definition) is 2. The predicted octanol–water partition coefficient (Wildman–Crippen LogP) is 6.36. The second kappa shape index (κ2) is 13.2. The Kier molecular flexibility index (Phi) is 9.97. The Labute approximate surface area is 244 Å². The molecule has 0 spiro atoms. The lowest BCUT2D eigenvalue weighted by Gasteiger charge is -2.47. The summed E-state index contributed by atoms with van der Waals surface area (Å²) in [4.78, 5) is 28.0. The van der Waals surface area contributed by atoms with Crippen LogP contribution in [0, 0.1) is 5.82 Å². The highest BCUT2D eigenvalue weighted by molar-refractivity contribution is 7.78. The van der Waals surface area contributed by atoms with E-state index in [9.17, 15) is 23.3 Å². The van der Waals surface area contributed by atoms with E-state index in [2.05, 4.69) is 0 Å². The summed E-state index contributed by atoms with van der Waals surface area (Å²) in [6, 6.07) is 16.0. The molecule has 11 heteroatoms. The Bertz CT molecular complexity index is 1390. The molecule has 3 aromatic rings. The first-order chi connectivity index (χ1) is 19.1. The number of ether oxygens (including phenoxy) is 1. The molecule has 0 aliphatic carbocycles. The molecule has 0 saturated carbocycles. The van der Waals surface area contributed by atoms with Crippen molar-refractivity contribution in [2.45, 2.75) is 56.2 Å².